The molecule has 0 saturated heterocycles. The van der Waals surface area contributed by atoms with Gasteiger partial charge in [0.2, 0.25) is 0 Å². The molecule has 78 valence electrons. The van der Waals surface area contributed by atoms with Gasteiger partial charge in [0.1, 0.15) is 0 Å². The summed E-state index contributed by atoms with van der Waals surface area (Å²) in [4.78, 5) is 2.79. The van der Waals surface area contributed by atoms with E-state index in [1.165, 1.54) is 4.90 Å². The van der Waals surface area contributed by atoms with Crippen molar-refractivity contribution in [2.45, 2.75) is 18.2 Å². The van der Waals surface area contributed by atoms with Crippen LogP contribution in [0.1, 0.15) is 12.7 Å². The molecule has 2 aromatic rings. The van der Waals surface area contributed by atoms with Crippen molar-refractivity contribution in [1.29, 1.82) is 0 Å². The molecule has 0 aliphatic rings. The molecule has 0 radical (unpaired) electrons. The molecule has 0 unspecified atom stereocenters. The van der Waals surface area contributed by atoms with E-state index in [0.29, 0.717) is 0 Å². The monoisotopic (exact) mass is 220 g/mol. The van der Waals surface area contributed by atoms with Crippen molar-refractivity contribution in [2.24, 2.45) is 0 Å². The Labute approximate surface area is 92.7 Å². The number of hydrogen-bond acceptors (Lipinski definition) is 4. The molecule has 1 heterocycles. The minimum absolute atomic E-state index is 0.768. The summed E-state index contributed by atoms with van der Waals surface area (Å²) >= 11 is 1.72. The molecule has 0 aliphatic heterocycles. The highest BCUT2D eigenvalue weighted by Crippen LogP contribution is 2.15. The number of aryl methyl sites for hydroxylation is 1. The molecule has 1 aromatic carbocycles. The first-order chi connectivity index (χ1) is 7.33. The van der Waals surface area contributed by atoms with Crippen LogP contribution in [-0.4, -0.2) is 26.5 Å². The van der Waals surface area contributed by atoms with Crippen LogP contribution in [0.3, 0.4) is 0 Å². The lowest BCUT2D eigenvalue weighted by molar-refractivity contribution is 0.717. The summed E-state index contributed by atoms with van der Waals surface area (Å²) in [7, 11) is 0. The number of benzene rings is 1. The second-order valence-electron chi connectivity index (χ2n) is 3.05. The molecule has 2 rings (SSSR count). The van der Waals surface area contributed by atoms with Gasteiger partial charge in [0, 0.05) is 11.3 Å². The second kappa shape index (κ2) is 4.44. The number of aromatic nitrogens is 4. The molecule has 0 atom stereocenters. The van der Waals surface area contributed by atoms with E-state index in [2.05, 4.69) is 33.8 Å². The number of hydrogen-bond donors (Lipinski definition) is 0. The lowest BCUT2D eigenvalue weighted by Crippen LogP contribution is -1.98. The Kier molecular flexibility index (Phi) is 3.01. The van der Waals surface area contributed by atoms with Crippen molar-refractivity contribution in [3.63, 3.8) is 0 Å². The number of rotatable bonds is 3. The van der Waals surface area contributed by atoms with Gasteiger partial charge in [-0.2, -0.15) is 0 Å². The van der Waals surface area contributed by atoms with E-state index in [1.54, 1.807) is 16.6 Å². The van der Waals surface area contributed by atoms with Crippen molar-refractivity contribution < 1.29 is 0 Å². The van der Waals surface area contributed by atoms with E-state index in [-0.39, 0.29) is 0 Å². The lowest BCUT2D eigenvalue weighted by atomic mass is 10.3. The zero-order chi connectivity index (χ0) is 10.7. The van der Waals surface area contributed by atoms with E-state index in [1.807, 2.05) is 19.1 Å². The predicted molar refractivity (Wildman–Crippen MR) is 60.3 cm³/mol. The predicted octanol–water partition coefficient (Wildman–Crippen LogP) is 1.95. The van der Waals surface area contributed by atoms with Crippen molar-refractivity contribution in [3.05, 3.63) is 30.1 Å². The average Bonchev–Trinajstić information content (AvgIpc) is 2.78. The molecular weight excluding hydrogens is 208 g/mol. The normalized spacial score (nSPS) is 10.5. The zero-order valence-corrected chi connectivity index (χ0v) is 9.53. The standard InChI is InChI=1S/C10H12N4S/c1-3-10-11-13-14(12-10)8-4-6-9(15-2)7-5-8/h4-7H,3H2,1-2H3. The van der Waals surface area contributed by atoms with Crippen LogP contribution in [0.4, 0.5) is 0 Å². The number of nitrogens with zero attached hydrogens (tertiary/aromatic N) is 4. The maximum absolute atomic E-state index is 4.24. The first-order valence-corrected chi connectivity index (χ1v) is 5.99. The fraction of sp³-hybridized carbons (Fsp3) is 0.300. The van der Waals surface area contributed by atoms with Gasteiger partial charge in [-0.3, -0.25) is 0 Å². The molecule has 0 fully saturated rings. The Morgan fingerprint density at radius 3 is 2.53 bits per heavy atom. The lowest BCUT2D eigenvalue weighted by Gasteiger charge is -1.99. The maximum Gasteiger partial charge on any atom is 0.174 e. The number of thioether (sulfide) groups is 1. The van der Waals surface area contributed by atoms with Crippen LogP contribution in [0.15, 0.2) is 29.2 Å². The van der Waals surface area contributed by atoms with Crippen molar-refractivity contribution in [2.75, 3.05) is 6.26 Å². The van der Waals surface area contributed by atoms with Crippen molar-refractivity contribution in [1.82, 2.24) is 20.2 Å². The summed E-state index contributed by atoms with van der Waals surface area (Å²) in [6.07, 6.45) is 2.86. The summed E-state index contributed by atoms with van der Waals surface area (Å²) < 4.78 is 0. The van der Waals surface area contributed by atoms with Crippen LogP contribution in [0.5, 0.6) is 0 Å². The highest BCUT2D eigenvalue weighted by atomic mass is 32.2. The molecule has 0 aliphatic carbocycles. The Bertz CT molecular complexity index is 435. The van der Waals surface area contributed by atoms with Gasteiger partial charge in [-0.15, -0.1) is 26.8 Å². The Morgan fingerprint density at radius 2 is 2.00 bits per heavy atom. The summed E-state index contributed by atoms with van der Waals surface area (Å²) in [5.41, 5.74) is 0.944. The van der Waals surface area contributed by atoms with E-state index < -0.39 is 0 Å². The summed E-state index contributed by atoms with van der Waals surface area (Å²) in [5.74, 6) is 0.768. The van der Waals surface area contributed by atoms with Gasteiger partial charge in [0.15, 0.2) is 5.82 Å². The van der Waals surface area contributed by atoms with Gasteiger partial charge in [0.05, 0.1) is 5.69 Å². The third-order valence-electron chi connectivity index (χ3n) is 2.07. The largest absolute Gasteiger partial charge is 0.174 e. The van der Waals surface area contributed by atoms with Gasteiger partial charge >= 0.3 is 0 Å². The van der Waals surface area contributed by atoms with Crippen LogP contribution in [-0.2, 0) is 6.42 Å². The molecule has 0 saturated carbocycles. The molecule has 0 bridgehead atoms. The molecule has 4 nitrogen and oxygen atoms in total. The zero-order valence-electron chi connectivity index (χ0n) is 8.71. The molecule has 0 amide bonds. The second-order valence-corrected chi connectivity index (χ2v) is 3.93. The average molecular weight is 220 g/mol. The van der Waals surface area contributed by atoms with Gasteiger partial charge < -0.3 is 0 Å². The molecular formula is C10H12N4S. The van der Waals surface area contributed by atoms with E-state index >= 15 is 0 Å². The molecule has 5 heteroatoms. The van der Waals surface area contributed by atoms with Crippen LogP contribution in [0.2, 0.25) is 0 Å². The Balaban J connectivity index is 2.28. The first-order valence-electron chi connectivity index (χ1n) is 4.77. The van der Waals surface area contributed by atoms with E-state index in [9.17, 15) is 0 Å². The van der Waals surface area contributed by atoms with Crippen LogP contribution < -0.4 is 0 Å². The quantitative estimate of drug-likeness (QED) is 0.741. The topological polar surface area (TPSA) is 43.6 Å². The van der Waals surface area contributed by atoms with Crippen molar-refractivity contribution in [3.8, 4) is 5.69 Å². The molecule has 15 heavy (non-hydrogen) atoms. The van der Waals surface area contributed by atoms with Gasteiger partial charge in [-0.1, -0.05) is 6.92 Å². The van der Waals surface area contributed by atoms with Crippen LogP contribution >= 0.6 is 11.8 Å². The van der Waals surface area contributed by atoms with Crippen molar-refractivity contribution >= 4 is 11.8 Å². The Hall–Kier alpha value is -1.36. The molecule has 0 spiro atoms. The first kappa shape index (κ1) is 10.2. The maximum atomic E-state index is 4.24. The minimum Gasteiger partial charge on any atom is -0.131 e. The minimum atomic E-state index is 0.768. The van der Waals surface area contributed by atoms with Gasteiger partial charge in [-0.05, 0) is 35.7 Å². The van der Waals surface area contributed by atoms with Gasteiger partial charge in [0.25, 0.3) is 0 Å². The Morgan fingerprint density at radius 1 is 1.27 bits per heavy atom. The van der Waals surface area contributed by atoms with E-state index in [0.717, 1.165) is 17.9 Å². The third-order valence-corrected chi connectivity index (χ3v) is 2.82. The molecule has 1 aromatic heterocycles. The third kappa shape index (κ3) is 2.18. The van der Waals surface area contributed by atoms with E-state index in [4.69, 9.17) is 0 Å². The molecule has 0 N–H and O–H groups in total. The number of tetrazole rings is 1. The summed E-state index contributed by atoms with van der Waals surface area (Å²) in [6.45, 7) is 2.01. The SMILES string of the molecule is CCc1nnn(-c2ccc(SC)cc2)n1. The van der Waals surface area contributed by atoms with Crippen LogP contribution in [0, 0.1) is 0 Å². The highest BCUT2D eigenvalue weighted by molar-refractivity contribution is 7.98. The summed E-state index contributed by atoms with van der Waals surface area (Å²) in [6, 6.07) is 8.09. The summed E-state index contributed by atoms with van der Waals surface area (Å²) in [5, 5.41) is 12.2. The van der Waals surface area contributed by atoms with Crippen LogP contribution in [0.25, 0.3) is 5.69 Å². The smallest absolute Gasteiger partial charge is 0.131 e. The highest BCUT2D eigenvalue weighted by Gasteiger charge is 2.02. The van der Waals surface area contributed by atoms with Gasteiger partial charge in [-0.25, -0.2) is 0 Å². The fourth-order valence-electron chi connectivity index (χ4n) is 1.21. The fourth-order valence-corrected chi connectivity index (χ4v) is 1.62.